The summed E-state index contributed by atoms with van der Waals surface area (Å²) < 4.78 is 45.8. The van der Waals surface area contributed by atoms with E-state index in [4.69, 9.17) is 23.1 Å². The fourth-order valence-electron chi connectivity index (χ4n) is 4.24. The monoisotopic (exact) mass is 540 g/mol. The minimum atomic E-state index is -1.28. The third-order valence-electron chi connectivity index (χ3n) is 6.20. The third-order valence-corrected chi connectivity index (χ3v) is 6.43. The number of aryl methyl sites for hydroxylation is 1. The van der Waals surface area contributed by atoms with Crippen LogP contribution in [0.25, 0.3) is 28.0 Å². The minimum absolute atomic E-state index is 0.0448. The molecule has 3 aromatic heterocycles. The number of aromatic nitrogens is 6. The Morgan fingerprint density at radius 2 is 1.61 bits per heavy atom. The van der Waals surface area contributed by atoms with Gasteiger partial charge >= 0.3 is 0 Å². The molecular formula is C26H24ClF3N8. The van der Waals surface area contributed by atoms with E-state index >= 15 is 0 Å². The number of hydrogen-bond donors (Lipinski definition) is 2. The number of fused-ring (bicyclic) bond motifs is 1. The second-order valence-electron chi connectivity index (χ2n) is 9.93. The van der Waals surface area contributed by atoms with Crippen molar-refractivity contribution in [2.45, 2.75) is 39.7 Å². The summed E-state index contributed by atoms with van der Waals surface area (Å²) in [7, 11) is 0. The Labute approximate surface area is 221 Å². The van der Waals surface area contributed by atoms with Gasteiger partial charge in [-0.2, -0.15) is 24.8 Å². The van der Waals surface area contributed by atoms with Crippen LogP contribution < -0.4 is 11.5 Å². The first kappa shape index (κ1) is 25.5. The molecule has 0 spiro atoms. The predicted molar refractivity (Wildman–Crippen MR) is 141 cm³/mol. The van der Waals surface area contributed by atoms with Crippen LogP contribution in [0.2, 0.25) is 5.02 Å². The highest BCUT2D eigenvalue weighted by Gasteiger charge is 2.24. The van der Waals surface area contributed by atoms with Gasteiger partial charge in [0.25, 0.3) is 5.95 Å². The molecule has 0 atom stereocenters. The molecule has 0 unspecified atom stereocenters. The molecule has 0 bridgehead atoms. The van der Waals surface area contributed by atoms with Crippen LogP contribution in [-0.4, -0.2) is 29.5 Å². The van der Waals surface area contributed by atoms with Crippen LogP contribution in [-0.2, 0) is 12.0 Å². The molecule has 0 saturated carbocycles. The highest BCUT2D eigenvalue weighted by molar-refractivity contribution is 6.31. The van der Waals surface area contributed by atoms with Gasteiger partial charge in [0.15, 0.2) is 11.6 Å². The summed E-state index contributed by atoms with van der Waals surface area (Å²) in [6, 6.07) is 6.48. The summed E-state index contributed by atoms with van der Waals surface area (Å²) in [6.07, 6.45) is 1.50. The molecular weight excluding hydrogens is 517 g/mol. The number of benzene rings is 2. The molecule has 0 aliphatic rings. The zero-order valence-corrected chi connectivity index (χ0v) is 21.8. The van der Waals surface area contributed by atoms with Gasteiger partial charge < -0.3 is 11.5 Å². The Balaban J connectivity index is 1.65. The molecule has 0 amide bonds. The predicted octanol–water partition coefficient (Wildman–Crippen LogP) is 5.57. The molecule has 3 heterocycles. The van der Waals surface area contributed by atoms with Crippen molar-refractivity contribution in [1.82, 2.24) is 29.5 Å². The SMILES string of the molecule is Cc1nn(C(C)(C)C)cc1-c1c(N)nc(-n2nc(Cc3c(F)ccc(F)c3F)c3cc(Cl)ccc32)nc1N. The molecule has 5 rings (SSSR count). The fraction of sp³-hybridized carbons (Fsp3) is 0.231. The number of halogens is 4. The van der Waals surface area contributed by atoms with E-state index in [0.717, 1.165) is 12.1 Å². The highest BCUT2D eigenvalue weighted by atomic mass is 35.5. The smallest absolute Gasteiger partial charge is 0.255 e. The number of anilines is 2. The lowest BCUT2D eigenvalue weighted by Gasteiger charge is -2.18. The zero-order valence-electron chi connectivity index (χ0n) is 21.0. The lowest BCUT2D eigenvalue weighted by atomic mass is 10.1. The molecule has 38 heavy (non-hydrogen) atoms. The van der Waals surface area contributed by atoms with Gasteiger partial charge in [-0.05, 0) is 58.0 Å². The number of hydrogen-bond acceptors (Lipinski definition) is 6. The number of nitrogens with two attached hydrogens (primary N) is 2. The quantitative estimate of drug-likeness (QED) is 0.288. The van der Waals surface area contributed by atoms with Crippen molar-refractivity contribution in [2.24, 2.45) is 0 Å². The molecule has 2 aromatic carbocycles. The van der Waals surface area contributed by atoms with E-state index in [1.807, 2.05) is 38.6 Å². The summed E-state index contributed by atoms with van der Waals surface area (Å²) in [4.78, 5) is 8.89. The van der Waals surface area contributed by atoms with Gasteiger partial charge in [-0.1, -0.05) is 11.6 Å². The van der Waals surface area contributed by atoms with E-state index in [1.165, 1.54) is 4.68 Å². The van der Waals surface area contributed by atoms with Gasteiger partial charge in [-0.15, -0.1) is 0 Å². The number of nitrogen functional groups attached to an aromatic ring is 2. The first-order valence-corrected chi connectivity index (χ1v) is 12.0. The van der Waals surface area contributed by atoms with Gasteiger partial charge in [0.2, 0.25) is 0 Å². The van der Waals surface area contributed by atoms with Crippen molar-refractivity contribution >= 4 is 34.1 Å². The topological polar surface area (TPSA) is 113 Å². The van der Waals surface area contributed by atoms with Crippen LogP contribution >= 0.6 is 11.6 Å². The Hall–Kier alpha value is -4.12. The van der Waals surface area contributed by atoms with Crippen LogP contribution in [0, 0.1) is 24.4 Å². The van der Waals surface area contributed by atoms with Gasteiger partial charge in [0.05, 0.1) is 28.0 Å². The van der Waals surface area contributed by atoms with Crippen molar-refractivity contribution in [2.75, 3.05) is 11.5 Å². The second kappa shape index (κ2) is 9.02. The number of rotatable bonds is 4. The molecule has 8 nitrogen and oxygen atoms in total. The largest absolute Gasteiger partial charge is 0.383 e. The average Bonchev–Trinajstić information content (AvgIpc) is 3.39. The first-order chi connectivity index (χ1) is 17.8. The van der Waals surface area contributed by atoms with Crippen LogP contribution in [0.3, 0.4) is 0 Å². The summed E-state index contributed by atoms with van der Waals surface area (Å²) >= 11 is 6.20. The maximum atomic E-state index is 14.4. The van der Waals surface area contributed by atoms with Crippen LogP contribution in [0.15, 0.2) is 36.5 Å². The molecule has 196 valence electrons. The molecule has 12 heteroatoms. The maximum absolute atomic E-state index is 14.4. The Bertz CT molecular complexity index is 1700. The molecule has 0 aliphatic heterocycles. The summed E-state index contributed by atoms with van der Waals surface area (Å²) in [5, 5.41) is 9.92. The highest BCUT2D eigenvalue weighted by Crippen LogP contribution is 2.34. The van der Waals surface area contributed by atoms with Crippen LogP contribution in [0.5, 0.6) is 0 Å². The van der Waals surface area contributed by atoms with E-state index in [0.29, 0.717) is 32.7 Å². The third kappa shape index (κ3) is 4.32. The molecule has 0 fully saturated rings. The summed E-state index contributed by atoms with van der Waals surface area (Å²) in [5.74, 6) is -3.09. The van der Waals surface area contributed by atoms with E-state index in [1.54, 1.807) is 18.2 Å². The molecule has 0 saturated heterocycles. The molecule has 4 N–H and O–H groups in total. The standard InChI is InChI=1S/C26H24ClF3N8/c1-12-16(11-37(35-12)26(2,3)4)21-23(31)33-25(34-24(21)32)38-20-8-5-13(27)9-15(20)19(36-38)10-14-17(28)6-7-18(29)22(14)30/h5-9,11H,10H2,1-4H3,(H4,31,32,33,34). The van der Waals surface area contributed by atoms with Crippen molar-refractivity contribution < 1.29 is 13.2 Å². The Morgan fingerprint density at radius 3 is 2.24 bits per heavy atom. The van der Waals surface area contributed by atoms with Crippen LogP contribution in [0.4, 0.5) is 24.8 Å². The summed E-state index contributed by atoms with van der Waals surface area (Å²) in [5.41, 5.74) is 14.6. The Morgan fingerprint density at radius 1 is 0.947 bits per heavy atom. The average molecular weight is 541 g/mol. The lowest BCUT2D eigenvalue weighted by Crippen LogP contribution is -2.22. The van der Waals surface area contributed by atoms with Gasteiger partial charge in [0.1, 0.15) is 17.5 Å². The first-order valence-electron chi connectivity index (χ1n) is 11.6. The van der Waals surface area contributed by atoms with Gasteiger partial charge in [-0.25, -0.2) is 13.2 Å². The molecule has 0 radical (unpaired) electrons. The van der Waals surface area contributed by atoms with Crippen molar-refractivity contribution in [3.8, 4) is 17.1 Å². The van der Waals surface area contributed by atoms with E-state index in [2.05, 4.69) is 20.2 Å². The van der Waals surface area contributed by atoms with E-state index in [9.17, 15) is 13.2 Å². The van der Waals surface area contributed by atoms with E-state index < -0.39 is 23.0 Å². The van der Waals surface area contributed by atoms with Crippen LogP contribution in [0.1, 0.15) is 37.7 Å². The lowest BCUT2D eigenvalue weighted by molar-refractivity contribution is 0.354. The molecule has 5 aromatic rings. The fourth-order valence-corrected chi connectivity index (χ4v) is 4.41. The van der Waals surface area contributed by atoms with Crippen molar-refractivity contribution in [3.05, 3.63) is 76.0 Å². The minimum Gasteiger partial charge on any atom is -0.383 e. The summed E-state index contributed by atoms with van der Waals surface area (Å²) in [6.45, 7) is 7.89. The van der Waals surface area contributed by atoms with Gasteiger partial charge in [-0.3, -0.25) is 4.68 Å². The molecule has 0 aliphatic carbocycles. The van der Waals surface area contributed by atoms with Crippen molar-refractivity contribution in [1.29, 1.82) is 0 Å². The Kier molecular flexibility index (Phi) is 6.06. The second-order valence-corrected chi connectivity index (χ2v) is 10.4. The van der Waals surface area contributed by atoms with E-state index in [-0.39, 0.29) is 35.2 Å². The normalized spacial score (nSPS) is 12.0. The number of nitrogens with zero attached hydrogens (tertiary/aromatic N) is 6. The van der Waals surface area contributed by atoms with Crippen molar-refractivity contribution in [3.63, 3.8) is 0 Å². The maximum Gasteiger partial charge on any atom is 0.255 e. The van der Waals surface area contributed by atoms with Gasteiger partial charge in [0, 0.05) is 34.2 Å². The zero-order chi connectivity index (χ0) is 27.5.